The number of aromatic nitrogens is 1. The van der Waals surface area contributed by atoms with Gasteiger partial charge in [-0.15, -0.1) is 11.6 Å². The minimum Gasteiger partial charge on any atom is -0.441 e. The van der Waals surface area contributed by atoms with E-state index in [1.54, 1.807) is 0 Å². The fourth-order valence-electron chi connectivity index (χ4n) is 1.75. The number of alkyl halides is 1. The standard InChI is InChI=1S/C14H16ClN3O/c1-3-12-9(2)19-14(18-12)10-4-6-11(7-5-10)17-13(16)8-15/h4-7H,3,8H2,1-2H3,(H2,16,17). The molecule has 0 saturated carbocycles. The second-order valence-electron chi connectivity index (χ2n) is 4.16. The van der Waals surface area contributed by atoms with Crippen LogP contribution in [0.25, 0.3) is 11.5 Å². The first kappa shape index (κ1) is 13.6. The zero-order valence-electron chi connectivity index (χ0n) is 11.0. The number of aryl methyl sites for hydroxylation is 2. The molecule has 2 aromatic rings. The lowest BCUT2D eigenvalue weighted by Gasteiger charge is -1.98. The molecule has 0 fully saturated rings. The van der Waals surface area contributed by atoms with Crippen LogP contribution in [-0.2, 0) is 6.42 Å². The van der Waals surface area contributed by atoms with Crippen molar-refractivity contribution in [2.45, 2.75) is 20.3 Å². The summed E-state index contributed by atoms with van der Waals surface area (Å²) in [6.45, 7) is 3.98. The Hall–Kier alpha value is -1.81. The molecule has 100 valence electrons. The quantitative estimate of drug-likeness (QED) is 0.529. The topological polar surface area (TPSA) is 64.4 Å². The Morgan fingerprint density at radius 3 is 2.58 bits per heavy atom. The Morgan fingerprint density at radius 1 is 1.37 bits per heavy atom. The molecule has 2 rings (SSSR count). The van der Waals surface area contributed by atoms with E-state index in [2.05, 4.69) is 16.9 Å². The first-order valence-electron chi connectivity index (χ1n) is 6.09. The monoisotopic (exact) mass is 277 g/mol. The van der Waals surface area contributed by atoms with Crippen molar-refractivity contribution in [1.29, 1.82) is 0 Å². The van der Waals surface area contributed by atoms with Crippen LogP contribution in [0.2, 0.25) is 0 Å². The third kappa shape index (κ3) is 3.15. The maximum Gasteiger partial charge on any atom is 0.226 e. The molecule has 5 heteroatoms. The first-order valence-corrected chi connectivity index (χ1v) is 6.63. The number of rotatable bonds is 4. The molecule has 1 aromatic carbocycles. The van der Waals surface area contributed by atoms with E-state index < -0.39 is 0 Å². The molecule has 0 aliphatic carbocycles. The zero-order valence-corrected chi connectivity index (χ0v) is 11.7. The van der Waals surface area contributed by atoms with E-state index in [9.17, 15) is 0 Å². The Morgan fingerprint density at radius 2 is 2.05 bits per heavy atom. The summed E-state index contributed by atoms with van der Waals surface area (Å²) < 4.78 is 5.64. The third-order valence-corrected chi connectivity index (χ3v) is 3.03. The number of hydrogen-bond acceptors (Lipinski definition) is 3. The number of amidine groups is 1. The molecule has 4 nitrogen and oxygen atoms in total. The van der Waals surface area contributed by atoms with E-state index >= 15 is 0 Å². The van der Waals surface area contributed by atoms with Crippen LogP contribution in [0.5, 0.6) is 0 Å². The molecule has 0 aliphatic rings. The number of oxazole rings is 1. The van der Waals surface area contributed by atoms with Crippen LogP contribution in [0.15, 0.2) is 33.7 Å². The molecule has 0 unspecified atom stereocenters. The van der Waals surface area contributed by atoms with Crippen molar-refractivity contribution < 1.29 is 4.42 Å². The largest absolute Gasteiger partial charge is 0.441 e. The van der Waals surface area contributed by atoms with E-state index in [4.69, 9.17) is 21.8 Å². The SMILES string of the molecule is CCc1nc(-c2ccc(N=C(N)CCl)cc2)oc1C. The van der Waals surface area contributed by atoms with Crippen molar-refractivity contribution in [1.82, 2.24) is 4.98 Å². The summed E-state index contributed by atoms with van der Waals surface area (Å²) in [5, 5.41) is 0. The van der Waals surface area contributed by atoms with E-state index in [0.717, 1.165) is 29.1 Å². The van der Waals surface area contributed by atoms with Crippen molar-refractivity contribution in [3.63, 3.8) is 0 Å². The van der Waals surface area contributed by atoms with Gasteiger partial charge in [-0.1, -0.05) is 6.92 Å². The predicted octanol–water partition coefficient (Wildman–Crippen LogP) is 3.44. The minimum atomic E-state index is 0.223. The average molecular weight is 278 g/mol. The van der Waals surface area contributed by atoms with Gasteiger partial charge in [0.1, 0.15) is 11.6 Å². The molecule has 0 bridgehead atoms. The van der Waals surface area contributed by atoms with Gasteiger partial charge in [-0.2, -0.15) is 0 Å². The highest BCUT2D eigenvalue weighted by atomic mass is 35.5. The molecule has 0 aliphatic heterocycles. The van der Waals surface area contributed by atoms with Crippen LogP contribution in [0.1, 0.15) is 18.4 Å². The highest BCUT2D eigenvalue weighted by Crippen LogP contribution is 2.24. The van der Waals surface area contributed by atoms with Crippen molar-refractivity contribution in [2.24, 2.45) is 10.7 Å². The molecule has 0 spiro atoms. The fraction of sp³-hybridized carbons (Fsp3) is 0.286. The molecule has 0 saturated heterocycles. The second-order valence-corrected chi connectivity index (χ2v) is 4.43. The summed E-state index contributed by atoms with van der Waals surface area (Å²) >= 11 is 5.58. The van der Waals surface area contributed by atoms with Crippen LogP contribution in [0.3, 0.4) is 0 Å². The fourth-order valence-corrected chi connectivity index (χ4v) is 1.81. The molecule has 1 aromatic heterocycles. The van der Waals surface area contributed by atoms with E-state index in [-0.39, 0.29) is 5.88 Å². The van der Waals surface area contributed by atoms with Crippen LogP contribution in [-0.4, -0.2) is 16.7 Å². The van der Waals surface area contributed by atoms with Crippen molar-refractivity contribution in [3.05, 3.63) is 35.7 Å². The van der Waals surface area contributed by atoms with Gasteiger partial charge in [-0.3, -0.25) is 0 Å². The second kappa shape index (κ2) is 5.89. The minimum absolute atomic E-state index is 0.223. The lowest BCUT2D eigenvalue weighted by atomic mass is 10.2. The number of benzene rings is 1. The molecule has 2 N–H and O–H groups in total. The van der Waals surface area contributed by atoms with Gasteiger partial charge in [0.15, 0.2) is 0 Å². The Kier molecular flexibility index (Phi) is 4.22. The normalized spacial score (nSPS) is 11.8. The Bertz CT molecular complexity index is 587. The van der Waals surface area contributed by atoms with E-state index in [1.807, 2.05) is 31.2 Å². The molecule has 0 atom stereocenters. The number of halogens is 1. The first-order chi connectivity index (χ1) is 9.13. The van der Waals surface area contributed by atoms with E-state index in [1.165, 1.54) is 0 Å². The summed E-state index contributed by atoms with van der Waals surface area (Å²) in [5.41, 5.74) is 8.26. The smallest absolute Gasteiger partial charge is 0.226 e. The highest BCUT2D eigenvalue weighted by Gasteiger charge is 2.09. The Balaban J connectivity index is 2.27. The van der Waals surface area contributed by atoms with Crippen molar-refractivity contribution in [2.75, 3.05) is 5.88 Å². The predicted molar refractivity (Wildman–Crippen MR) is 78.1 cm³/mol. The maximum absolute atomic E-state index is 5.64. The number of aliphatic imine (C=N–C) groups is 1. The summed E-state index contributed by atoms with van der Waals surface area (Å²) in [6.07, 6.45) is 0.865. The summed E-state index contributed by atoms with van der Waals surface area (Å²) in [7, 11) is 0. The van der Waals surface area contributed by atoms with Crippen molar-refractivity contribution in [3.8, 4) is 11.5 Å². The number of hydrogen-bond donors (Lipinski definition) is 1. The molecule has 0 radical (unpaired) electrons. The Labute approximate surface area is 117 Å². The number of nitrogens with zero attached hydrogens (tertiary/aromatic N) is 2. The maximum atomic E-state index is 5.64. The van der Waals surface area contributed by atoms with Gasteiger partial charge in [0.2, 0.25) is 5.89 Å². The molecular weight excluding hydrogens is 262 g/mol. The summed E-state index contributed by atoms with van der Waals surface area (Å²) in [4.78, 5) is 8.62. The van der Waals surface area contributed by atoms with Crippen LogP contribution in [0.4, 0.5) is 5.69 Å². The lowest BCUT2D eigenvalue weighted by molar-refractivity contribution is 0.539. The van der Waals surface area contributed by atoms with Gasteiger partial charge in [0, 0.05) is 5.56 Å². The average Bonchev–Trinajstić information content (AvgIpc) is 2.80. The molecule has 1 heterocycles. The van der Waals surface area contributed by atoms with Crippen LogP contribution >= 0.6 is 11.6 Å². The molecule has 19 heavy (non-hydrogen) atoms. The lowest BCUT2D eigenvalue weighted by Crippen LogP contribution is -2.12. The summed E-state index contributed by atoms with van der Waals surface area (Å²) in [5.74, 6) is 2.12. The summed E-state index contributed by atoms with van der Waals surface area (Å²) in [6, 6.07) is 7.54. The van der Waals surface area contributed by atoms with Crippen LogP contribution < -0.4 is 5.73 Å². The van der Waals surface area contributed by atoms with Crippen molar-refractivity contribution >= 4 is 23.1 Å². The van der Waals surface area contributed by atoms with Gasteiger partial charge >= 0.3 is 0 Å². The van der Waals surface area contributed by atoms with Gasteiger partial charge in [0.25, 0.3) is 0 Å². The van der Waals surface area contributed by atoms with E-state index in [0.29, 0.717) is 11.7 Å². The van der Waals surface area contributed by atoms with Gasteiger partial charge in [0.05, 0.1) is 17.3 Å². The molecular formula is C14H16ClN3O. The van der Waals surface area contributed by atoms with Gasteiger partial charge in [-0.05, 0) is 37.6 Å². The highest BCUT2D eigenvalue weighted by molar-refractivity contribution is 6.28. The molecule has 0 amide bonds. The zero-order chi connectivity index (χ0) is 13.8. The van der Waals surface area contributed by atoms with Crippen LogP contribution in [0, 0.1) is 6.92 Å². The third-order valence-electron chi connectivity index (χ3n) is 2.75. The van der Waals surface area contributed by atoms with Gasteiger partial charge in [-0.25, -0.2) is 9.98 Å². The number of nitrogens with two attached hydrogens (primary N) is 1. The van der Waals surface area contributed by atoms with Gasteiger partial charge < -0.3 is 10.2 Å².